The zero-order valence-electron chi connectivity index (χ0n) is 16.3. The van der Waals surface area contributed by atoms with Crippen molar-refractivity contribution in [3.8, 4) is 5.75 Å². The topological polar surface area (TPSA) is 61.9 Å². The zero-order valence-corrected chi connectivity index (χ0v) is 16.3. The van der Waals surface area contributed by atoms with E-state index in [1.54, 1.807) is 4.90 Å². The van der Waals surface area contributed by atoms with E-state index >= 15 is 0 Å². The van der Waals surface area contributed by atoms with Crippen LogP contribution in [0.4, 0.5) is 5.69 Å². The molecule has 1 aromatic rings. The number of para-hydroxylation sites is 2. The monoisotopic (exact) mass is 373 g/mol. The van der Waals surface area contributed by atoms with Gasteiger partial charge in [0.05, 0.1) is 5.69 Å². The largest absolute Gasteiger partial charge is 0.478 e. The molecule has 2 amide bonds. The predicted molar refractivity (Wildman–Crippen MR) is 106 cm³/mol. The number of hydrogen-bond acceptors (Lipinski definition) is 4. The molecule has 1 fully saturated rings. The molecule has 0 radical (unpaired) electrons. The molecule has 2 heterocycles. The van der Waals surface area contributed by atoms with Crippen LogP contribution in [-0.4, -0.2) is 55.5 Å². The fraction of sp³-hybridized carbons (Fsp3) is 0.619. The van der Waals surface area contributed by atoms with Gasteiger partial charge in [0.1, 0.15) is 12.3 Å². The number of hydrogen-bond donors (Lipinski definition) is 1. The van der Waals surface area contributed by atoms with E-state index in [0.29, 0.717) is 24.4 Å². The zero-order chi connectivity index (χ0) is 19.1. The van der Waals surface area contributed by atoms with Crippen molar-refractivity contribution in [3.63, 3.8) is 0 Å². The van der Waals surface area contributed by atoms with Crippen LogP contribution in [0.15, 0.2) is 24.3 Å². The summed E-state index contributed by atoms with van der Waals surface area (Å²) in [5.74, 6) is 0.402. The quantitative estimate of drug-likeness (QED) is 0.746. The summed E-state index contributed by atoms with van der Waals surface area (Å²) in [7, 11) is 0. The van der Waals surface area contributed by atoms with Gasteiger partial charge in [0.15, 0.2) is 6.10 Å². The maximum Gasteiger partial charge on any atom is 0.268 e. The van der Waals surface area contributed by atoms with Gasteiger partial charge < -0.3 is 15.0 Å². The number of nitrogens with one attached hydrogen (secondary N) is 1. The average molecular weight is 373 g/mol. The van der Waals surface area contributed by atoms with Crippen LogP contribution in [0.5, 0.6) is 5.75 Å². The van der Waals surface area contributed by atoms with Crippen molar-refractivity contribution in [3.05, 3.63) is 24.3 Å². The van der Waals surface area contributed by atoms with Crippen LogP contribution in [0.3, 0.4) is 0 Å². The number of amides is 2. The van der Waals surface area contributed by atoms with Gasteiger partial charge >= 0.3 is 0 Å². The Morgan fingerprint density at radius 3 is 2.67 bits per heavy atom. The number of carbonyl (C=O) groups excluding carboxylic acids is 2. The lowest BCUT2D eigenvalue weighted by molar-refractivity contribution is -0.129. The maximum atomic E-state index is 12.6. The van der Waals surface area contributed by atoms with E-state index in [1.807, 2.05) is 31.2 Å². The Labute approximate surface area is 161 Å². The number of anilines is 1. The molecule has 1 atom stereocenters. The summed E-state index contributed by atoms with van der Waals surface area (Å²) in [6.45, 7) is 5.97. The molecule has 148 valence electrons. The summed E-state index contributed by atoms with van der Waals surface area (Å²) in [6, 6.07) is 7.40. The first-order valence-electron chi connectivity index (χ1n) is 10.2. The Hall–Kier alpha value is -2.08. The number of benzene rings is 1. The van der Waals surface area contributed by atoms with Gasteiger partial charge in [-0.05, 0) is 57.5 Å². The smallest absolute Gasteiger partial charge is 0.268 e. The van der Waals surface area contributed by atoms with Crippen LogP contribution in [-0.2, 0) is 9.59 Å². The molecule has 2 aliphatic rings. The SMILES string of the molecule is CC[C@@H]1Oc2ccccc2N(CC(=O)NCCCN2CCCCCC2)C1=O. The Morgan fingerprint density at radius 1 is 1.19 bits per heavy atom. The second-order valence-corrected chi connectivity index (χ2v) is 7.37. The minimum absolute atomic E-state index is 0.0411. The van der Waals surface area contributed by atoms with E-state index in [2.05, 4.69) is 10.2 Å². The molecule has 0 aromatic heterocycles. The predicted octanol–water partition coefficient (Wildman–Crippen LogP) is 2.57. The highest BCUT2D eigenvalue weighted by atomic mass is 16.5. The van der Waals surface area contributed by atoms with E-state index in [4.69, 9.17) is 4.74 Å². The highest BCUT2D eigenvalue weighted by Gasteiger charge is 2.34. The summed E-state index contributed by atoms with van der Waals surface area (Å²) in [4.78, 5) is 29.1. The molecule has 0 saturated carbocycles. The lowest BCUT2D eigenvalue weighted by Crippen LogP contribution is -2.49. The van der Waals surface area contributed by atoms with Gasteiger partial charge in [-0.15, -0.1) is 0 Å². The molecule has 0 aliphatic carbocycles. The molecule has 0 spiro atoms. The Morgan fingerprint density at radius 2 is 1.93 bits per heavy atom. The van der Waals surface area contributed by atoms with E-state index < -0.39 is 6.10 Å². The fourth-order valence-corrected chi connectivity index (χ4v) is 3.79. The summed E-state index contributed by atoms with van der Waals surface area (Å²) < 4.78 is 5.75. The Bertz CT molecular complexity index is 641. The second-order valence-electron chi connectivity index (χ2n) is 7.37. The molecule has 27 heavy (non-hydrogen) atoms. The fourth-order valence-electron chi connectivity index (χ4n) is 3.79. The van der Waals surface area contributed by atoms with Crippen LogP contribution in [0.1, 0.15) is 45.4 Å². The van der Waals surface area contributed by atoms with Gasteiger partial charge in [-0.3, -0.25) is 14.5 Å². The molecular formula is C21H31N3O3. The molecule has 6 heteroatoms. The van der Waals surface area contributed by atoms with Crippen LogP contribution in [0.2, 0.25) is 0 Å². The summed E-state index contributed by atoms with van der Waals surface area (Å²) in [5.41, 5.74) is 0.673. The van der Waals surface area contributed by atoms with Gasteiger partial charge in [0, 0.05) is 6.54 Å². The third-order valence-electron chi connectivity index (χ3n) is 5.31. The first-order chi connectivity index (χ1) is 13.2. The summed E-state index contributed by atoms with van der Waals surface area (Å²) >= 11 is 0. The highest BCUT2D eigenvalue weighted by molar-refractivity contribution is 6.03. The minimum atomic E-state index is -0.518. The van der Waals surface area contributed by atoms with Crippen molar-refractivity contribution >= 4 is 17.5 Å². The number of carbonyl (C=O) groups is 2. The van der Waals surface area contributed by atoms with E-state index in [9.17, 15) is 9.59 Å². The molecule has 3 rings (SSSR count). The van der Waals surface area contributed by atoms with Crippen molar-refractivity contribution in [1.82, 2.24) is 10.2 Å². The molecule has 2 aliphatic heterocycles. The van der Waals surface area contributed by atoms with Gasteiger partial charge in [-0.25, -0.2) is 0 Å². The Balaban J connectivity index is 1.48. The van der Waals surface area contributed by atoms with Crippen LogP contribution < -0.4 is 15.0 Å². The van der Waals surface area contributed by atoms with E-state index in [0.717, 1.165) is 13.0 Å². The van der Waals surface area contributed by atoms with Crippen LogP contribution in [0.25, 0.3) is 0 Å². The lowest BCUT2D eigenvalue weighted by atomic mass is 10.1. The Kier molecular flexibility index (Phi) is 7.10. The molecule has 1 saturated heterocycles. The van der Waals surface area contributed by atoms with Gasteiger partial charge in [0.25, 0.3) is 5.91 Å². The molecular weight excluding hydrogens is 342 g/mol. The number of nitrogens with zero attached hydrogens (tertiary/aromatic N) is 2. The van der Waals surface area contributed by atoms with Crippen LogP contribution in [0, 0.1) is 0 Å². The lowest BCUT2D eigenvalue weighted by Gasteiger charge is -2.33. The molecule has 0 unspecified atom stereocenters. The normalized spacial score (nSPS) is 20.6. The first-order valence-corrected chi connectivity index (χ1v) is 10.2. The molecule has 6 nitrogen and oxygen atoms in total. The van der Waals surface area contributed by atoms with Gasteiger partial charge in [0.2, 0.25) is 5.91 Å². The van der Waals surface area contributed by atoms with E-state index in [1.165, 1.54) is 38.8 Å². The summed E-state index contributed by atoms with van der Waals surface area (Å²) in [6.07, 6.45) is 6.24. The number of fused-ring (bicyclic) bond motifs is 1. The maximum absolute atomic E-state index is 12.6. The minimum Gasteiger partial charge on any atom is -0.478 e. The van der Waals surface area contributed by atoms with Crippen LogP contribution >= 0.6 is 0 Å². The molecule has 1 aromatic carbocycles. The standard InChI is InChI=1S/C21H31N3O3/c1-2-18-21(26)24(17-10-5-6-11-19(17)27-18)16-20(25)22-12-9-15-23-13-7-3-4-8-14-23/h5-6,10-11,18H,2-4,7-9,12-16H2,1H3,(H,22,25)/t18-/m0/s1. The van der Waals surface area contributed by atoms with Crippen molar-refractivity contribution < 1.29 is 14.3 Å². The second kappa shape index (κ2) is 9.74. The van der Waals surface area contributed by atoms with Crippen molar-refractivity contribution in [2.24, 2.45) is 0 Å². The third-order valence-corrected chi connectivity index (χ3v) is 5.31. The number of rotatable bonds is 7. The highest BCUT2D eigenvalue weighted by Crippen LogP contribution is 2.34. The van der Waals surface area contributed by atoms with Gasteiger partial charge in [-0.1, -0.05) is 31.9 Å². The van der Waals surface area contributed by atoms with Crippen molar-refractivity contribution in [1.29, 1.82) is 0 Å². The number of ether oxygens (including phenoxy) is 1. The average Bonchev–Trinajstić information content (AvgIpc) is 2.96. The molecule has 0 bridgehead atoms. The number of likely N-dealkylation sites (tertiary alicyclic amines) is 1. The van der Waals surface area contributed by atoms with Gasteiger partial charge in [-0.2, -0.15) is 0 Å². The molecule has 1 N–H and O–H groups in total. The van der Waals surface area contributed by atoms with E-state index in [-0.39, 0.29) is 18.4 Å². The third kappa shape index (κ3) is 5.22. The van der Waals surface area contributed by atoms with Crippen molar-refractivity contribution in [2.45, 2.75) is 51.6 Å². The first kappa shape index (κ1) is 19.7. The summed E-state index contributed by atoms with van der Waals surface area (Å²) in [5, 5.41) is 2.97. The van der Waals surface area contributed by atoms with Crippen molar-refractivity contribution in [2.75, 3.05) is 37.6 Å².